The summed E-state index contributed by atoms with van der Waals surface area (Å²) in [5.74, 6) is 0.754. The zero-order valence-electron chi connectivity index (χ0n) is 13.6. The van der Waals surface area contributed by atoms with Crippen molar-refractivity contribution in [3.63, 3.8) is 0 Å². The van der Waals surface area contributed by atoms with Crippen molar-refractivity contribution in [3.05, 3.63) is 40.6 Å². The molecule has 0 saturated heterocycles. The van der Waals surface area contributed by atoms with Crippen molar-refractivity contribution in [3.8, 4) is 5.75 Å². The molecule has 1 amide bonds. The summed E-state index contributed by atoms with van der Waals surface area (Å²) in [6, 6.07) is 9.95. The van der Waals surface area contributed by atoms with E-state index in [1.54, 1.807) is 29.8 Å². The number of rotatable bonds is 7. The van der Waals surface area contributed by atoms with Gasteiger partial charge < -0.3 is 15.0 Å². The highest BCUT2D eigenvalue weighted by atomic mass is 32.1. The van der Waals surface area contributed by atoms with Gasteiger partial charge in [-0.15, -0.1) is 11.3 Å². The van der Waals surface area contributed by atoms with Crippen LogP contribution in [0.2, 0.25) is 0 Å². The summed E-state index contributed by atoms with van der Waals surface area (Å²) in [6.45, 7) is 0.938. The van der Waals surface area contributed by atoms with Gasteiger partial charge in [0.1, 0.15) is 11.3 Å². The lowest BCUT2D eigenvalue weighted by Gasteiger charge is -2.15. The number of hydrogen-bond acceptors (Lipinski definition) is 6. The van der Waals surface area contributed by atoms with E-state index < -0.39 is 0 Å². The number of benzene rings is 1. The lowest BCUT2D eigenvalue weighted by atomic mass is 10.3. The average Bonchev–Trinajstić information content (AvgIpc) is 3.23. The van der Waals surface area contributed by atoms with Crippen LogP contribution in [-0.2, 0) is 11.2 Å². The summed E-state index contributed by atoms with van der Waals surface area (Å²) >= 11 is 3.26. The highest BCUT2D eigenvalue weighted by Gasteiger charge is 2.14. The average molecular weight is 361 g/mol. The van der Waals surface area contributed by atoms with Crippen molar-refractivity contribution in [2.75, 3.05) is 32.1 Å². The first-order valence-corrected chi connectivity index (χ1v) is 9.31. The summed E-state index contributed by atoms with van der Waals surface area (Å²) in [5.41, 5.74) is 0.838. The maximum absolute atomic E-state index is 12.1. The molecule has 0 aliphatic heterocycles. The molecule has 2 aromatic heterocycles. The molecule has 5 nitrogen and oxygen atoms in total. The monoisotopic (exact) mass is 361 g/mol. The molecule has 0 atom stereocenters. The SMILES string of the molecule is COc1cccc2sc(N(C)CC(=O)NCCc3cccs3)nc12. The van der Waals surface area contributed by atoms with Crippen LogP contribution in [0, 0.1) is 0 Å². The van der Waals surface area contributed by atoms with Crippen LogP contribution in [0.4, 0.5) is 5.13 Å². The molecule has 0 spiro atoms. The van der Waals surface area contributed by atoms with Gasteiger partial charge in [-0.05, 0) is 30.0 Å². The van der Waals surface area contributed by atoms with E-state index in [9.17, 15) is 4.79 Å². The number of hydrogen-bond donors (Lipinski definition) is 1. The van der Waals surface area contributed by atoms with Gasteiger partial charge in [0.05, 0.1) is 18.4 Å². The minimum Gasteiger partial charge on any atom is -0.494 e. The molecular weight excluding hydrogens is 342 g/mol. The van der Waals surface area contributed by atoms with Gasteiger partial charge in [0.15, 0.2) is 5.13 Å². The largest absolute Gasteiger partial charge is 0.494 e. The number of nitrogens with zero attached hydrogens (tertiary/aromatic N) is 2. The third kappa shape index (κ3) is 3.85. The standard InChI is InChI=1S/C17H19N3O2S2/c1-20(11-15(21)18-9-8-12-5-4-10-23-12)17-19-16-13(22-2)6-3-7-14(16)24-17/h3-7,10H,8-9,11H2,1-2H3,(H,18,21). The molecule has 0 unspecified atom stereocenters. The van der Waals surface area contributed by atoms with Crippen molar-refractivity contribution < 1.29 is 9.53 Å². The quantitative estimate of drug-likeness (QED) is 0.702. The Balaban J connectivity index is 1.58. The molecule has 0 aliphatic carbocycles. The fourth-order valence-corrected chi connectivity index (χ4v) is 4.01. The molecule has 0 saturated carbocycles. The molecule has 2 heterocycles. The fourth-order valence-electron chi connectivity index (χ4n) is 2.36. The number of aromatic nitrogens is 1. The minimum absolute atomic E-state index is 0.000257. The highest BCUT2D eigenvalue weighted by molar-refractivity contribution is 7.22. The summed E-state index contributed by atoms with van der Waals surface area (Å²) in [6.07, 6.45) is 0.867. The number of fused-ring (bicyclic) bond motifs is 1. The molecule has 0 aliphatic rings. The maximum atomic E-state index is 12.1. The van der Waals surface area contributed by atoms with Gasteiger partial charge in [-0.2, -0.15) is 0 Å². The van der Waals surface area contributed by atoms with E-state index in [0.29, 0.717) is 6.54 Å². The molecule has 1 aromatic carbocycles. The zero-order chi connectivity index (χ0) is 16.9. The van der Waals surface area contributed by atoms with Crippen molar-refractivity contribution in [2.24, 2.45) is 0 Å². The molecular formula is C17H19N3O2S2. The third-order valence-corrected chi connectivity index (χ3v) is 5.64. The molecule has 0 radical (unpaired) electrons. The Morgan fingerprint density at radius 3 is 2.96 bits per heavy atom. The Hall–Kier alpha value is -2.12. The van der Waals surface area contributed by atoms with E-state index in [0.717, 1.165) is 27.5 Å². The van der Waals surface area contributed by atoms with E-state index in [1.165, 1.54) is 4.88 Å². The Kier molecular flexibility index (Phi) is 5.32. The minimum atomic E-state index is 0.000257. The second-order valence-electron chi connectivity index (χ2n) is 5.34. The number of thiazole rings is 1. The topological polar surface area (TPSA) is 54.5 Å². The lowest BCUT2D eigenvalue weighted by Crippen LogP contribution is -2.36. The van der Waals surface area contributed by atoms with Crippen LogP contribution >= 0.6 is 22.7 Å². The van der Waals surface area contributed by atoms with Crippen molar-refractivity contribution >= 4 is 43.9 Å². The van der Waals surface area contributed by atoms with Gasteiger partial charge in [0.2, 0.25) is 5.91 Å². The normalized spacial score (nSPS) is 10.8. The summed E-state index contributed by atoms with van der Waals surface area (Å²) in [7, 11) is 3.52. The number of carbonyl (C=O) groups is 1. The first kappa shape index (κ1) is 16.7. The summed E-state index contributed by atoms with van der Waals surface area (Å²) < 4.78 is 6.39. The van der Waals surface area contributed by atoms with E-state index >= 15 is 0 Å². The maximum Gasteiger partial charge on any atom is 0.239 e. The van der Waals surface area contributed by atoms with Crippen LogP contribution < -0.4 is 15.0 Å². The molecule has 3 aromatic rings. The highest BCUT2D eigenvalue weighted by Crippen LogP contribution is 2.33. The van der Waals surface area contributed by atoms with Crippen LogP contribution in [-0.4, -0.2) is 38.1 Å². The van der Waals surface area contributed by atoms with Crippen molar-refractivity contribution in [1.29, 1.82) is 0 Å². The zero-order valence-corrected chi connectivity index (χ0v) is 15.2. The molecule has 0 bridgehead atoms. The second kappa shape index (κ2) is 7.63. The van der Waals surface area contributed by atoms with Crippen LogP contribution in [0.15, 0.2) is 35.7 Å². The second-order valence-corrected chi connectivity index (χ2v) is 7.38. The lowest BCUT2D eigenvalue weighted by molar-refractivity contribution is -0.119. The van der Waals surface area contributed by atoms with Crippen LogP contribution in [0.5, 0.6) is 5.75 Å². The first-order chi connectivity index (χ1) is 11.7. The van der Waals surface area contributed by atoms with E-state index in [2.05, 4.69) is 16.4 Å². The Labute approximate surface area is 148 Å². The Morgan fingerprint density at radius 1 is 1.33 bits per heavy atom. The fraction of sp³-hybridized carbons (Fsp3) is 0.294. The van der Waals surface area contributed by atoms with E-state index in [-0.39, 0.29) is 12.5 Å². The molecule has 3 rings (SSSR count). The number of nitrogens with one attached hydrogen (secondary N) is 1. The number of ether oxygens (including phenoxy) is 1. The molecule has 0 fully saturated rings. The van der Waals surface area contributed by atoms with Gasteiger partial charge in [-0.1, -0.05) is 23.5 Å². The number of amides is 1. The summed E-state index contributed by atoms with van der Waals surface area (Å²) in [5, 5.41) is 5.81. The number of methoxy groups -OCH3 is 1. The molecule has 126 valence electrons. The first-order valence-electron chi connectivity index (χ1n) is 7.61. The van der Waals surface area contributed by atoms with Gasteiger partial charge in [0, 0.05) is 18.5 Å². The third-order valence-electron chi connectivity index (χ3n) is 3.57. The number of carbonyl (C=O) groups excluding carboxylic acids is 1. The van der Waals surface area contributed by atoms with Gasteiger partial charge in [-0.25, -0.2) is 4.98 Å². The predicted molar refractivity (Wildman–Crippen MR) is 100 cm³/mol. The van der Waals surface area contributed by atoms with Gasteiger partial charge in [0.25, 0.3) is 0 Å². The number of para-hydroxylation sites is 1. The van der Waals surface area contributed by atoms with Crippen molar-refractivity contribution in [2.45, 2.75) is 6.42 Å². The summed E-state index contributed by atoms with van der Waals surface area (Å²) in [4.78, 5) is 19.8. The predicted octanol–water partition coefficient (Wildman–Crippen LogP) is 3.16. The molecule has 1 N–H and O–H groups in total. The van der Waals surface area contributed by atoms with E-state index in [1.807, 2.05) is 41.6 Å². The Bertz CT molecular complexity index is 814. The van der Waals surface area contributed by atoms with Crippen molar-refractivity contribution in [1.82, 2.24) is 10.3 Å². The Morgan fingerprint density at radius 2 is 2.21 bits per heavy atom. The number of anilines is 1. The number of likely N-dealkylation sites (N-methyl/N-ethyl adjacent to an activating group) is 1. The van der Waals surface area contributed by atoms with Gasteiger partial charge >= 0.3 is 0 Å². The van der Waals surface area contributed by atoms with Crippen LogP contribution in [0.1, 0.15) is 4.88 Å². The van der Waals surface area contributed by atoms with E-state index in [4.69, 9.17) is 4.74 Å². The smallest absolute Gasteiger partial charge is 0.239 e. The molecule has 24 heavy (non-hydrogen) atoms. The number of thiophene rings is 1. The van der Waals surface area contributed by atoms with Crippen LogP contribution in [0.3, 0.4) is 0 Å². The van der Waals surface area contributed by atoms with Crippen LogP contribution in [0.25, 0.3) is 10.2 Å². The molecule has 7 heteroatoms. The van der Waals surface area contributed by atoms with Gasteiger partial charge in [-0.3, -0.25) is 4.79 Å².